The van der Waals surface area contributed by atoms with Gasteiger partial charge in [0, 0.05) is 0 Å². The predicted molar refractivity (Wildman–Crippen MR) is 74.5 cm³/mol. The van der Waals surface area contributed by atoms with E-state index >= 15 is 0 Å². The first-order chi connectivity index (χ1) is 9.49. The number of piperidine rings is 1. The lowest BCUT2D eigenvalue weighted by Crippen LogP contribution is -2.54. The average molecular weight is 277 g/mol. The van der Waals surface area contributed by atoms with Gasteiger partial charge in [0.2, 0.25) is 5.91 Å². The van der Waals surface area contributed by atoms with Crippen LogP contribution in [0.2, 0.25) is 0 Å². The van der Waals surface area contributed by atoms with Crippen LogP contribution in [-0.4, -0.2) is 34.1 Å². The maximum Gasteiger partial charge on any atom is 0.309 e. The van der Waals surface area contributed by atoms with Crippen molar-refractivity contribution in [3.63, 3.8) is 0 Å². The number of amides is 1. The van der Waals surface area contributed by atoms with Crippen molar-refractivity contribution in [1.29, 1.82) is 0 Å². The van der Waals surface area contributed by atoms with Crippen LogP contribution < -0.4 is 10.6 Å². The molecule has 20 heavy (non-hydrogen) atoms. The van der Waals surface area contributed by atoms with E-state index in [0.717, 1.165) is 25.8 Å². The third-order valence-electron chi connectivity index (χ3n) is 3.53. The summed E-state index contributed by atoms with van der Waals surface area (Å²) < 4.78 is 0. The summed E-state index contributed by atoms with van der Waals surface area (Å²) in [5.74, 6) is -1.00. The number of carbonyl (C=O) groups is 2. The summed E-state index contributed by atoms with van der Waals surface area (Å²) in [5, 5.41) is 14.7. The molecule has 6 nitrogen and oxygen atoms in total. The van der Waals surface area contributed by atoms with E-state index in [1.54, 1.807) is 12.1 Å². The van der Waals surface area contributed by atoms with E-state index in [1.807, 2.05) is 6.92 Å². The highest BCUT2D eigenvalue weighted by Crippen LogP contribution is 2.20. The highest BCUT2D eigenvalue weighted by Gasteiger charge is 2.34. The molecule has 0 radical (unpaired) electrons. The number of rotatable bonds is 4. The minimum absolute atomic E-state index is 0.0787. The molecule has 3 N–H and O–H groups in total. The van der Waals surface area contributed by atoms with Crippen LogP contribution >= 0.6 is 0 Å². The number of aromatic nitrogens is 1. The number of carboxylic acid groups (broad SMARTS) is 1. The number of anilines is 1. The Kier molecular flexibility index (Phi) is 4.34. The van der Waals surface area contributed by atoms with Gasteiger partial charge >= 0.3 is 5.97 Å². The average Bonchev–Trinajstić information content (AvgIpc) is 2.41. The molecule has 1 aromatic rings. The number of nitrogens with one attached hydrogen (secondary N) is 2. The van der Waals surface area contributed by atoms with Crippen LogP contribution in [0.15, 0.2) is 18.3 Å². The van der Waals surface area contributed by atoms with Crippen molar-refractivity contribution < 1.29 is 14.7 Å². The minimum atomic E-state index is -0.923. The maximum absolute atomic E-state index is 12.3. The number of carbonyl (C=O) groups excluding carboxylic acids is 1. The number of aliphatic carboxylic acids is 1. The molecule has 0 bridgehead atoms. The van der Waals surface area contributed by atoms with Gasteiger partial charge in [-0.25, -0.2) is 0 Å². The van der Waals surface area contributed by atoms with Crippen molar-refractivity contribution in [3.8, 4) is 0 Å². The molecule has 0 aliphatic carbocycles. The standard InChI is InChI=1S/C14H19N3O3/c1-14(6-2-3-7-16-14)13(20)17-11-5-4-10(15-9-11)8-12(18)19/h4-5,9,16H,2-3,6-8H2,1H3,(H,17,20)(H,18,19). The first-order valence-electron chi connectivity index (χ1n) is 6.73. The van der Waals surface area contributed by atoms with Crippen molar-refractivity contribution in [2.45, 2.75) is 38.1 Å². The Morgan fingerprint density at radius 1 is 1.45 bits per heavy atom. The first kappa shape index (κ1) is 14.5. The summed E-state index contributed by atoms with van der Waals surface area (Å²) in [5.41, 5.74) is 0.507. The molecule has 1 aliphatic rings. The van der Waals surface area contributed by atoms with E-state index in [-0.39, 0.29) is 12.3 Å². The summed E-state index contributed by atoms with van der Waals surface area (Å²) in [6.45, 7) is 2.74. The Labute approximate surface area is 117 Å². The molecule has 108 valence electrons. The first-order valence-corrected chi connectivity index (χ1v) is 6.73. The SMILES string of the molecule is CC1(C(=O)Nc2ccc(CC(=O)O)nc2)CCCCN1. The van der Waals surface area contributed by atoms with Gasteiger partial charge in [0.15, 0.2) is 0 Å². The Morgan fingerprint density at radius 2 is 2.25 bits per heavy atom. The van der Waals surface area contributed by atoms with Crippen LogP contribution in [0.3, 0.4) is 0 Å². The fourth-order valence-electron chi connectivity index (χ4n) is 2.28. The molecule has 1 saturated heterocycles. The van der Waals surface area contributed by atoms with E-state index in [4.69, 9.17) is 5.11 Å². The molecule has 0 saturated carbocycles. The molecule has 0 aromatic carbocycles. The molecule has 6 heteroatoms. The molecule has 2 rings (SSSR count). The minimum Gasteiger partial charge on any atom is -0.481 e. The van der Waals surface area contributed by atoms with Crippen LogP contribution in [-0.2, 0) is 16.0 Å². The molecule has 2 heterocycles. The molecule has 0 spiro atoms. The molecule has 1 atom stereocenters. The summed E-state index contributed by atoms with van der Waals surface area (Å²) in [7, 11) is 0. The smallest absolute Gasteiger partial charge is 0.309 e. The van der Waals surface area contributed by atoms with E-state index in [2.05, 4.69) is 15.6 Å². The highest BCUT2D eigenvalue weighted by molar-refractivity contribution is 5.97. The fourth-order valence-corrected chi connectivity index (χ4v) is 2.28. The predicted octanol–water partition coefficient (Wildman–Crippen LogP) is 1.18. The van der Waals surface area contributed by atoms with Crippen LogP contribution in [0.5, 0.6) is 0 Å². The van der Waals surface area contributed by atoms with E-state index in [9.17, 15) is 9.59 Å². The van der Waals surface area contributed by atoms with Gasteiger partial charge in [-0.05, 0) is 44.9 Å². The lowest BCUT2D eigenvalue weighted by molar-refractivity contribution is -0.136. The number of pyridine rings is 1. The lowest BCUT2D eigenvalue weighted by Gasteiger charge is -2.33. The Bertz CT molecular complexity index is 493. The molecule has 1 unspecified atom stereocenters. The molecular weight excluding hydrogens is 258 g/mol. The second-order valence-electron chi connectivity index (χ2n) is 5.28. The Morgan fingerprint density at radius 3 is 2.80 bits per heavy atom. The Hall–Kier alpha value is -1.95. The molecule has 1 amide bonds. The zero-order valence-electron chi connectivity index (χ0n) is 11.5. The van der Waals surface area contributed by atoms with Crippen molar-refractivity contribution >= 4 is 17.6 Å². The molecule has 1 aliphatic heterocycles. The van der Waals surface area contributed by atoms with Crippen molar-refractivity contribution in [1.82, 2.24) is 10.3 Å². The topological polar surface area (TPSA) is 91.3 Å². The van der Waals surface area contributed by atoms with Gasteiger partial charge in [-0.2, -0.15) is 0 Å². The molecule has 1 aromatic heterocycles. The summed E-state index contributed by atoms with van der Waals surface area (Å²) in [4.78, 5) is 26.8. The molecular formula is C14H19N3O3. The monoisotopic (exact) mass is 277 g/mol. The number of carboxylic acids is 1. The molecule has 1 fully saturated rings. The number of nitrogens with zero attached hydrogens (tertiary/aromatic N) is 1. The van der Waals surface area contributed by atoms with E-state index in [0.29, 0.717) is 11.4 Å². The van der Waals surface area contributed by atoms with Crippen LogP contribution in [0.1, 0.15) is 31.9 Å². The van der Waals surface area contributed by atoms with Gasteiger partial charge in [-0.15, -0.1) is 0 Å². The van der Waals surface area contributed by atoms with Crippen LogP contribution in [0.25, 0.3) is 0 Å². The summed E-state index contributed by atoms with van der Waals surface area (Å²) >= 11 is 0. The summed E-state index contributed by atoms with van der Waals surface area (Å²) in [6.07, 6.45) is 4.31. The summed E-state index contributed by atoms with van der Waals surface area (Å²) in [6, 6.07) is 3.29. The van der Waals surface area contributed by atoms with Crippen LogP contribution in [0, 0.1) is 0 Å². The second-order valence-corrected chi connectivity index (χ2v) is 5.28. The van der Waals surface area contributed by atoms with Crippen molar-refractivity contribution in [3.05, 3.63) is 24.0 Å². The lowest BCUT2D eigenvalue weighted by atomic mass is 9.90. The van der Waals surface area contributed by atoms with Gasteiger partial charge in [-0.3, -0.25) is 14.6 Å². The normalized spacial score (nSPS) is 22.2. The van der Waals surface area contributed by atoms with E-state index < -0.39 is 11.5 Å². The number of hydrogen-bond acceptors (Lipinski definition) is 4. The second kappa shape index (κ2) is 6.00. The van der Waals surface area contributed by atoms with Gasteiger partial charge in [0.1, 0.15) is 0 Å². The third kappa shape index (κ3) is 3.54. The van der Waals surface area contributed by atoms with E-state index in [1.165, 1.54) is 6.20 Å². The van der Waals surface area contributed by atoms with Gasteiger partial charge < -0.3 is 15.7 Å². The third-order valence-corrected chi connectivity index (χ3v) is 3.53. The zero-order chi connectivity index (χ0) is 14.6. The van der Waals surface area contributed by atoms with Crippen molar-refractivity contribution in [2.75, 3.05) is 11.9 Å². The van der Waals surface area contributed by atoms with Gasteiger partial charge in [0.25, 0.3) is 0 Å². The van der Waals surface area contributed by atoms with Crippen LogP contribution in [0.4, 0.5) is 5.69 Å². The quantitative estimate of drug-likeness (QED) is 0.768. The van der Waals surface area contributed by atoms with Crippen molar-refractivity contribution in [2.24, 2.45) is 0 Å². The largest absolute Gasteiger partial charge is 0.481 e. The Balaban J connectivity index is 1.98. The number of hydrogen-bond donors (Lipinski definition) is 3. The highest BCUT2D eigenvalue weighted by atomic mass is 16.4. The van der Waals surface area contributed by atoms with Gasteiger partial charge in [0.05, 0.1) is 29.5 Å². The fraction of sp³-hybridized carbons (Fsp3) is 0.500. The van der Waals surface area contributed by atoms with Gasteiger partial charge in [-0.1, -0.05) is 0 Å². The zero-order valence-corrected chi connectivity index (χ0v) is 11.5. The maximum atomic E-state index is 12.3.